The second-order valence-corrected chi connectivity index (χ2v) is 8.93. The van der Waals surface area contributed by atoms with Crippen LogP contribution in [0.25, 0.3) is 0 Å². The number of carbonyl (C=O) groups is 1. The Kier molecular flexibility index (Phi) is 6.68. The highest BCUT2D eigenvalue weighted by molar-refractivity contribution is 7.99. The summed E-state index contributed by atoms with van der Waals surface area (Å²) < 4.78 is 6.03. The van der Waals surface area contributed by atoms with Crippen LogP contribution in [0, 0.1) is 0 Å². The predicted molar refractivity (Wildman–Crippen MR) is 115 cm³/mol. The summed E-state index contributed by atoms with van der Waals surface area (Å²) in [5, 5.41) is 9.52. The highest BCUT2D eigenvalue weighted by atomic mass is 32.2. The van der Waals surface area contributed by atoms with E-state index in [2.05, 4.69) is 44.7 Å². The molecule has 1 heterocycles. The monoisotopic (exact) mass is 399 g/mol. The Hall–Kier alpha value is -1.98. The van der Waals surface area contributed by atoms with Gasteiger partial charge >= 0.3 is 5.97 Å². The zero-order chi connectivity index (χ0) is 20.3. The molecule has 4 nitrogen and oxygen atoms in total. The van der Waals surface area contributed by atoms with Gasteiger partial charge in [-0.15, -0.1) is 11.8 Å². The molecule has 0 spiro atoms. The van der Waals surface area contributed by atoms with Crippen molar-refractivity contribution >= 4 is 17.7 Å². The normalized spacial score (nSPS) is 15.9. The summed E-state index contributed by atoms with van der Waals surface area (Å²) in [6, 6.07) is 14.5. The van der Waals surface area contributed by atoms with Crippen LogP contribution in [0.5, 0.6) is 5.75 Å². The number of thioether (sulfide) groups is 1. The Morgan fingerprint density at radius 1 is 1.14 bits per heavy atom. The number of aromatic carboxylic acids is 1. The summed E-state index contributed by atoms with van der Waals surface area (Å²) in [6.07, 6.45) is 0. The van der Waals surface area contributed by atoms with Crippen LogP contribution >= 0.6 is 11.8 Å². The molecule has 150 valence electrons. The van der Waals surface area contributed by atoms with Crippen LogP contribution in [-0.2, 0) is 6.61 Å². The number of benzene rings is 2. The second kappa shape index (κ2) is 9.01. The molecule has 0 saturated heterocycles. The Labute approximate surface area is 171 Å². The van der Waals surface area contributed by atoms with Gasteiger partial charge in [0.15, 0.2) is 0 Å². The first kappa shape index (κ1) is 20.7. The molecule has 1 atom stereocenters. The Bertz CT molecular complexity index is 826. The largest absolute Gasteiger partial charge is 0.489 e. The molecule has 0 amide bonds. The van der Waals surface area contributed by atoms with Crippen molar-refractivity contribution in [3.63, 3.8) is 0 Å². The van der Waals surface area contributed by atoms with Gasteiger partial charge in [-0.05, 0) is 57.0 Å². The van der Waals surface area contributed by atoms with Gasteiger partial charge in [-0.3, -0.25) is 4.90 Å². The van der Waals surface area contributed by atoms with Crippen molar-refractivity contribution in [1.29, 1.82) is 0 Å². The minimum atomic E-state index is -0.908. The molecular weight excluding hydrogens is 370 g/mol. The van der Waals surface area contributed by atoms with E-state index >= 15 is 0 Å². The van der Waals surface area contributed by atoms with Crippen molar-refractivity contribution < 1.29 is 14.6 Å². The highest BCUT2D eigenvalue weighted by Crippen LogP contribution is 2.44. The predicted octanol–water partition coefficient (Wildman–Crippen LogP) is 5.22. The third-order valence-electron chi connectivity index (χ3n) is 5.22. The zero-order valence-corrected chi connectivity index (χ0v) is 17.8. The van der Waals surface area contributed by atoms with Crippen LogP contribution in [0.4, 0.5) is 0 Å². The molecule has 3 rings (SSSR count). The molecule has 1 N–H and O–H groups in total. The Morgan fingerprint density at radius 3 is 2.54 bits per heavy atom. The molecule has 28 heavy (non-hydrogen) atoms. The number of fused-ring (bicyclic) bond motifs is 2. The van der Waals surface area contributed by atoms with Gasteiger partial charge in [-0.2, -0.15) is 0 Å². The molecule has 0 bridgehead atoms. The van der Waals surface area contributed by atoms with Crippen molar-refractivity contribution in [3.8, 4) is 5.75 Å². The Balaban J connectivity index is 1.92. The van der Waals surface area contributed by atoms with E-state index in [4.69, 9.17) is 4.74 Å². The fraction of sp³-hybridized carbons (Fsp3) is 0.435. The first-order valence-electron chi connectivity index (χ1n) is 9.83. The summed E-state index contributed by atoms with van der Waals surface area (Å²) in [5.41, 5.74) is 3.64. The zero-order valence-electron chi connectivity index (χ0n) is 17.0. The third-order valence-corrected chi connectivity index (χ3v) is 6.48. The van der Waals surface area contributed by atoms with Gasteiger partial charge in [0.2, 0.25) is 0 Å². The van der Waals surface area contributed by atoms with Gasteiger partial charge < -0.3 is 9.84 Å². The van der Waals surface area contributed by atoms with Crippen LogP contribution in [0.15, 0.2) is 42.5 Å². The number of hydrogen-bond acceptors (Lipinski definition) is 4. The lowest BCUT2D eigenvalue weighted by molar-refractivity contribution is 0.0696. The van der Waals surface area contributed by atoms with Gasteiger partial charge in [-0.1, -0.05) is 24.3 Å². The topological polar surface area (TPSA) is 49.8 Å². The van der Waals surface area contributed by atoms with E-state index < -0.39 is 5.97 Å². The molecule has 1 aliphatic heterocycles. The molecule has 5 heteroatoms. The fourth-order valence-electron chi connectivity index (χ4n) is 3.83. The molecule has 2 aromatic carbocycles. The van der Waals surface area contributed by atoms with E-state index in [-0.39, 0.29) is 5.25 Å². The molecule has 0 aromatic heterocycles. The molecule has 0 radical (unpaired) electrons. The lowest BCUT2D eigenvalue weighted by Crippen LogP contribution is -2.38. The number of carboxylic acids is 1. The lowest BCUT2D eigenvalue weighted by Gasteiger charge is -2.31. The van der Waals surface area contributed by atoms with E-state index in [1.54, 1.807) is 18.2 Å². The Morgan fingerprint density at radius 2 is 1.86 bits per heavy atom. The van der Waals surface area contributed by atoms with Crippen molar-refractivity contribution in [2.24, 2.45) is 0 Å². The van der Waals surface area contributed by atoms with Crippen LogP contribution < -0.4 is 4.74 Å². The van der Waals surface area contributed by atoms with Crippen LogP contribution in [0.3, 0.4) is 0 Å². The highest BCUT2D eigenvalue weighted by Gasteiger charge is 2.26. The van der Waals surface area contributed by atoms with Gasteiger partial charge in [-0.25, -0.2) is 4.79 Å². The van der Waals surface area contributed by atoms with E-state index in [0.717, 1.165) is 29.2 Å². The minimum absolute atomic E-state index is 0.0641. The van der Waals surface area contributed by atoms with Gasteiger partial charge in [0.05, 0.1) is 10.8 Å². The fourth-order valence-corrected chi connectivity index (χ4v) is 5.16. The number of ether oxygens (including phenoxy) is 1. The maximum Gasteiger partial charge on any atom is 0.335 e. The first-order chi connectivity index (χ1) is 13.4. The number of hydrogen-bond donors (Lipinski definition) is 1. The van der Waals surface area contributed by atoms with Crippen molar-refractivity contribution in [2.75, 3.05) is 12.3 Å². The quantitative estimate of drug-likeness (QED) is 0.692. The summed E-state index contributed by atoms with van der Waals surface area (Å²) in [7, 11) is 0. The molecule has 0 aliphatic carbocycles. The van der Waals surface area contributed by atoms with E-state index in [9.17, 15) is 9.90 Å². The van der Waals surface area contributed by atoms with Crippen molar-refractivity contribution in [2.45, 2.75) is 51.6 Å². The summed E-state index contributed by atoms with van der Waals surface area (Å²) in [5.74, 6) is 0.838. The number of rotatable bonds is 7. The van der Waals surface area contributed by atoms with Gasteiger partial charge in [0.25, 0.3) is 0 Å². The molecule has 1 unspecified atom stereocenters. The average Bonchev–Trinajstić information content (AvgIpc) is 2.81. The summed E-state index contributed by atoms with van der Waals surface area (Å²) in [6.45, 7) is 10.4. The minimum Gasteiger partial charge on any atom is -0.489 e. The molecule has 0 fully saturated rings. The van der Waals surface area contributed by atoms with Crippen LogP contribution in [0.1, 0.15) is 60.0 Å². The summed E-state index contributed by atoms with van der Waals surface area (Å²) >= 11 is 1.87. The standard InChI is InChI=1S/C23H29NO3S/c1-15(2)24(16(3)4)11-12-28-22-19-8-6-5-7-18(19)14-27-21-10-9-17(23(25)26)13-20(21)22/h5-10,13,15-16,22H,11-12,14H2,1-4H3,(H,25,26). The van der Waals surface area contributed by atoms with E-state index in [1.807, 2.05) is 23.9 Å². The number of nitrogens with zero attached hydrogens (tertiary/aromatic N) is 1. The lowest BCUT2D eigenvalue weighted by atomic mass is 9.98. The van der Waals surface area contributed by atoms with E-state index in [0.29, 0.717) is 24.3 Å². The smallest absolute Gasteiger partial charge is 0.335 e. The van der Waals surface area contributed by atoms with E-state index in [1.165, 1.54) is 5.56 Å². The summed E-state index contributed by atoms with van der Waals surface area (Å²) in [4.78, 5) is 14.0. The van der Waals surface area contributed by atoms with Gasteiger partial charge in [0, 0.05) is 29.9 Å². The SMILES string of the molecule is CC(C)N(CCSC1c2ccccc2COc2ccc(C(=O)O)cc21)C(C)C. The molecule has 0 saturated carbocycles. The first-order valence-corrected chi connectivity index (χ1v) is 10.9. The average molecular weight is 400 g/mol. The third kappa shape index (κ3) is 4.53. The van der Waals surface area contributed by atoms with Gasteiger partial charge in [0.1, 0.15) is 12.4 Å². The van der Waals surface area contributed by atoms with Crippen molar-refractivity contribution in [3.05, 3.63) is 64.7 Å². The molecule has 1 aliphatic rings. The van der Waals surface area contributed by atoms with Crippen molar-refractivity contribution in [1.82, 2.24) is 4.90 Å². The van der Waals surface area contributed by atoms with Crippen LogP contribution in [0.2, 0.25) is 0 Å². The molecular formula is C23H29NO3S. The maximum atomic E-state index is 11.5. The van der Waals surface area contributed by atoms with Crippen LogP contribution in [-0.4, -0.2) is 40.4 Å². The second-order valence-electron chi connectivity index (χ2n) is 7.72. The maximum absolute atomic E-state index is 11.5. The number of carboxylic acid groups (broad SMARTS) is 1. The molecule has 2 aromatic rings.